The zero-order chi connectivity index (χ0) is 19.3. The van der Waals surface area contributed by atoms with Crippen molar-refractivity contribution in [1.29, 1.82) is 0 Å². The highest BCUT2D eigenvalue weighted by atomic mass is 16.5. The first-order valence-corrected chi connectivity index (χ1v) is 9.72. The Bertz CT molecular complexity index is 894. The van der Waals surface area contributed by atoms with Gasteiger partial charge in [0.1, 0.15) is 0 Å². The second kappa shape index (κ2) is 6.41. The summed E-state index contributed by atoms with van der Waals surface area (Å²) in [4.78, 5) is 30.3. The summed E-state index contributed by atoms with van der Waals surface area (Å²) < 4.78 is 6.89. The molecule has 3 aliphatic heterocycles. The Morgan fingerprint density at radius 2 is 1.86 bits per heavy atom. The first-order chi connectivity index (χ1) is 13.6. The van der Waals surface area contributed by atoms with E-state index in [1.807, 2.05) is 41.0 Å². The molecule has 0 unspecified atom stereocenters. The zero-order valence-corrected chi connectivity index (χ0v) is 15.8. The van der Waals surface area contributed by atoms with E-state index in [0.29, 0.717) is 31.9 Å². The second-order valence-corrected chi connectivity index (χ2v) is 8.23. The first kappa shape index (κ1) is 17.4. The number of amides is 2. The summed E-state index contributed by atoms with van der Waals surface area (Å²) in [6.45, 7) is 4.11. The van der Waals surface area contributed by atoms with Crippen LogP contribution in [0.4, 0.5) is 0 Å². The lowest BCUT2D eigenvalue weighted by Gasteiger charge is -2.47. The molecule has 0 N–H and O–H groups in total. The van der Waals surface area contributed by atoms with E-state index in [0.717, 1.165) is 18.5 Å². The summed E-state index contributed by atoms with van der Waals surface area (Å²) in [5.41, 5.74) is 0.925. The van der Waals surface area contributed by atoms with E-state index in [4.69, 9.17) is 4.74 Å². The Morgan fingerprint density at radius 1 is 1.14 bits per heavy atom. The molecule has 1 aromatic carbocycles. The molecule has 1 aromatic heterocycles. The third-order valence-electron chi connectivity index (χ3n) is 6.17. The van der Waals surface area contributed by atoms with Crippen molar-refractivity contribution in [3.63, 3.8) is 0 Å². The van der Waals surface area contributed by atoms with Gasteiger partial charge in [0.2, 0.25) is 5.91 Å². The molecule has 4 heterocycles. The number of piperazine rings is 1. The molecule has 2 bridgehead atoms. The summed E-state index contributed by atoms with van der Waals surface area (Å²) in [5, 5.41) is 7.87. The molecule has 0 radical (unpaired) electrons. The number of likely N-dealkylation sites (tertiary alicyclic amines) is 1. The van der Waals surface area contributed by atoms with Gasteiger partial charge in [-0.05, 0) is 31.9 Å². The second-order valence-electron chi connectivity index (χ2n) is 8.23. The lowest BCUT2D eigenvalue weighted by atomic mass is 9.86. The first-order valence-electron chi connectivity index (χ1n) is 9.72. The van der Waals surface area contributed by atoms with Crippen LogP contribution in [0.15, 0.2) is 36.7 Å². The molecule has 5 rings (SSSR count). The minimum Gasteiger partial charge on any atom is -0.379 e. The third-order valence-corrected chi connectivity index (χ3v) is 6.17. The highest BCUT2D eigenvalue weighted by molar-refractivity contribution is 5.98. The number of rotatable bonds is 3. The number of para-hydroxylation sites is 1. The average molecular weight is 381 g/mol. The van der Waals surface area contributed by atoms with E-state index in [-0.39, 0.29) is 23.9 Å². The molecule has 0 saturated carbocycles. The van der Waals surface area contributed by atoms with Crippen molar-refractivity contribution in [2.75, 3.05) is 26.3 Å². The topological polar surface area (TPSA) is 80.6 Å². The molecule has 3 saturated heterocycles. The summed E-state index contributed by atoms with van der Waals surface area (Å²) in [7, 11) is 0. The van der Waals surface area contributed by atoms with Gasteiger partial charge < -0.3 is 14.5 Å². The minimum absolute atomic E-state index is 0.0201. The van der Waals surface area contributed by atoms with Crippen molar-refractivity contribution >= 4 is 11.8 Å². The maximum atomic E-state index is 13.3. The van der Waals surface area contributed by atoms with Crippen molar-refractivity contribution in [3.8, 4) is 5.69 Å². The highest BCUT2D eigenvalue weighted by Gasteiger charge is 2.51. The highest BCUT2D eigenvalue weighted by Crippen LogP contribution is 2.37. The van der Waals surface area contributed by atoms with Gasteiger partial charge in [0, 0.05) is 25.2 Å². The van der Waals surface area contributed by atoms with Crippen molar-refractivity contribution < 1.29 is 14.3 Å². The van der Waals surface area contributed by atoms with E-state index in [2.05, 4.69) is 10.3 Å². The maximum Gasteiger partial charge on any atom is 0.256 e. The van der Waals surface area contributed by atoms with Crippen LogP contribution >= 0.6 is 0 Å². The Labute approximate surface area is 163 Å². The predicted molar refractivity (Wildman–Crippen MR) is 99.8 cm³/mol. The molecule has 0 aliphatic carbocycles. The van der Waals surface area contributed by atoms with Gasteiger partial charge in [0.25, 0.3) is 5.91 Å². The van der Waals surface area contributed by atoms with Crippen LogP contribution in [-0.2, 0) is 9.53 Å². The SMILES string of the molecule is CC1(C(=O)N2[C@@H]3CC[C@H]2CN(C(=O)c2ccccc2-n2ccnn2)C3)COC1. The van der Waals surface area contributed by atoms with E-state index in [9.17, 15) is 9.59 Å². The minimum atomic E-state index is -0.396. The van der Waals surface area contributed by atoms with Crippen LogP contribution in [0.1, 0.15) is 30.1 Å². The number of hydrogen-bond acceptors (Lipinski definition) is 5. The number of carbonyl (C=O) groups is 2. The van der Waals surface area contributed by atoms with Crippen LogP contribution in [0.5, 0.6) is 0 Å². The summed E-state index contributed by atoms with van der Waals surface area (Å²) >= 11 is 0. The van der Waals surface area contributed by atoms with Gasteiger partial charge in [-0.2, -0.15) is 0 Å². The number of benzene rings is 1. The fourth-order valence-electron chi connectivity index (χ4n) is 4.61. The van der Waals surface area contributed by atoms with Gasteiger partial charge in [-0.3, -0.25) is 9.59 Å². The smallest absolute Gasteiger partial charge is 0.256 e. The van der Waals surface area contributed by atoms with Crippen molar-refractivity contribution in [1.82, 2.24) is 24.8 Å². The van der Waals surface area contributed by atoms with Gasteiger partial charge in [0.15, 0.2) is 0 Å². The number of fused-ring (bicyclic) bond motifs is 2. The van der Waals surface area contributed by atoms with Gasteiger partial charge in [-0.25, -0.2) is 4.68 Å². The lowest BCUT2D eigenvalue weighted by molar-refractivity contribution is -0.173. The molecule has 8 nitrogen and oxygen atoms in total. The van der Waals surface area contributed by atoms with E-state index >= 15 is 0 Å². The molecule has 28 heavy (non-hydrogen) atoms. The molecule has 2 atom stereocenters. The summed E-state index contributed by atoms with van der Waals surface area (Å²) in [5.74, 6) is 0.162. The van der Waals surface area contributed by atoms with Crippen LogP contribution in [0.3, 0.4) is 0 Å². The van der Waals surface area contributed by atoms with Gasteiger partial charge in [0.05, 0.1) is 42.3 Å². The molecule has 0 spiro atoms. The van der Waals surface area contributed by atoms with Gasteiger partial charge in [-0.1, -0.05) is 17.3 Å². The Kier molecular flexibility index (Phi) is 3.97. The summed E-state index contributed by atoms with van der Waals surface area (Å²) in [6.07, 6.45) is 5.22. The van der Waals surface area contributed by atoms with Gasteiger partial charge >= 0.3 is 0 Å². The third kappa shape index (κ3) is 2.63. The Hall–Kier alpha value is -2.74. The van der Waals surface area contributed by atoms with Crippen LogP contribution in [0, 0.1) is 5.41 Å². The average Bonchev–Trinajstić information content (AvgIpc) is 3.31. The van der Waals surface area contributed by atoms with E-state index in [1.54, 1.807) is 17.1 Å². The number of aromatic nitrogens is 3. The van der Waals surface area contributed by atoms with Crippen molar-refractivity contribution in [2.24, 2.45) is 5.41 Å². The fraction of sp³-hybridized carbons (Fsp3) is 0.500. The van der Waals surface area contributed by atoms with Crippen LogP contribution < -0.4 is 0 Å². The van der Waals surface area contributed by atoms with Gasteiger partial charge in [-0.15, -0.1) is 5.10 Å². The Morgan fingerprint density at radius 3 is 2.46 bits per heavy atom. The van der Waals surface area contributed by atoms with Crippen molar-refractivity contribution in [2.45, 2.75) is 31.8 Å². The maximum absolute atomic E-state index is 13.3. The van der Waals surface area contributed by atoms with Crippen LogP contribution in [0.25, 0.3) is 5.69 Å². The molecule has 3 fully saturated rings. The standard InChI is InChI=1S/C20H23N5O3/c1-20(12-28-13-20)19(27)25-14-6-7-15(25)11-23(10-14)18(26)16-4-2-3-5-17(16)24-9-8-21-22-24/h2-5,8-9,14-15H,6-7,10-13H2,1H3/t14-,15+. The largest absolute Gasteiger partial charge is 0.379 e. The van der Waals surface area contributed by atoms with Crippen LogP contribution in [-0.4, -0.2) is 75.0 Å². The lowest BCUT2D eigenvalue weighted by Crippen LogP contribution is -2.62. The normalized spacial score (nSPS) is 25.5. The number of carbonyl (C=O) groups excluding carboxylic acids is 2. The molecular weight excluding hydrogens is 358 g/mol. The molecule has 3 aliphatic rings. The van der Waals surface area contributed by atoms with E-state index in [1.165, 1.54) is 0 Å². The predicted octanol–water partition coefficient (Wildman–Crippen LogP) is 1.12. The summed E-state index contributed by atoms with van der Waals surface area (Å²) in [6, 6.07) is 7.62. The van der Waals surface area contributed by atoms with Crippen molar-refractivity contribution in [3.05, 3.63) is 42.2 Å². The molecule has 146 valence electrons. The van der Waals surface area contributed by atoms with E-state index < -0.39 is 5.41 Å². The molecular formula is C20H23N5O3. The number of hydrogen-bond donors (Lipinski definition) is 0. The number of ether oxygens (including phenoxy) is 1. The molecule has 2 amide bonds. The molecule has 8 heteroatoms. The molecule has 2 aromatic rings. The fourth-order valence-corrected chi connectivity index (χ4v) is 4.61. The quantitative estimate of drug-likeness (QED) is 0.796. The monoisotopic (exact) mass is 381 g/mol. The zero-order valence-electron chi connectivity index (χ0n) is 15.8. The van der Waals surface area contributed by atoms with Crippen LogP contribution in [0.2, 0.25) is 0 Å². The number of nitrogens with zero attached hydrogens (tertiary/aromatic N) is 5. The Balaban J connectivity index is 1.37.